The average Bonchev–Trinajstić information content (AvgIpc) is 2.54. The lowest BCUT2D eigenvalue weighted by molar-refractivity contribution is -0.120. The van der Waals surface area contributed by atoms with Gasteiger partial charge in [-0.15, -0.1) is 0 Å². The molecule has 0 saturated carbocycles. The number of rotatable bonds is 3. The van der Waals surface area contributed by atoms with Gasteiger partial charge in [-0.05, 0) is 31.0 Å². The van der Waals surface area contributed by atoms with Crippen LogP contribution < -0.4 is 15.2 Å². The molecular weight excluding hydrogens is 325 g/mol. The molecule has 120 valence electrons. The number of aromatic nitrogens is 2. The number of H-pyrrole nitrogens is 1. The van der Waals surface area contributed by atoms with Gasteiger partial charge in [0.25, 0.3) is 11.5 Å². The van der Waals surface area contributed by atoms with E-state index in [1.807, 2.05) is 0 Å². The van der Waals surface area contributed by atoms with Crippen molar-refractivity contribution in [2.24, 2.45) is 0 Å². The molecule has 0 unspecified atom stereocenters. The number of benzene rings is 1. The maximum absolute atomic E-state index is 13.0. The second kappa shape index (κ2) is 6.37. The van der Waals surface area contributed by atoms with E-state index >= 15 is 0 Å². The van der Waals surface area contributed by atoms with E-state index < -0.39 is 5.82 Å². The summed E-state index contributed by atoms with van der Waals surface area (Å²) >= 11 is 5.85. The molecule has 2 heterocycles. The number of ether oxygens (including phenoxy) is 1. The average molecular weight is 338 g/mol. The zero-order valence-electron chi connectivity index (χ0n) is 12.0. The Bertz CT molecular complexity index is 809. The quantitative estimate of drug-likeness (QED) is 0.928. The summed E-state index contributed by atoms with van der Waals surface area (Å²) in [5, 5.41) is 0.0893. The van der Waals surface area contributed by atoms with E-state index in [-0.39, 0.29) is 28.8 Å². The van der Waals surface area contributed by atoms with Gasteiger partial charge in [0.1, 0.15) is 17.4 Å². The summed E-state index contributed by atoms with van der Waals surface area (Å²) in [6.07, 6.45) is 2.52. The van der Waals surface area contributed by atoms with Crippen LogP contribution in [0.15, 0.2) is 29.3 Å². The van der Waals surface area contributed by atoms with Crippen molar-refractivity contribution in [2.45, 2.75) is 12.8 Å². The molecule has 1 aromatic carbocycles. The van der Waals surface area contributed by atoms with E-state index in [2.05, 4.69) is 9.97 Å². The summed E-state index contributed by atoms with van der Waals surface area (Å²) < 4.78 is 18.3. The fourth-order valence-corrected chi connectivity index (χ4v) is 2.67. The molecule has 0 spiro atoms. The molecule has 0 atom stereocenters. The zero-order chi connectivity index (χ0) is 16.4. The Kier molecular flexibility index (Phi) is 4.29. The van der Waals surface area contributed by atoms with Crippen LogP contribution in [0.4, 0.5) is 10.2 Å². The molecule has 0 saturated heterocycles. The molecular formula is C15H13ClFN3O3. The first-order valence-electron chi connectivity index (χ1n) is 7.01. The molecule has 1 amide bonds. The SMILES string of the molecule is O=C(COc1ccc(F)cc1Cl)N1CCCc2c1nc[nH]c2=O. The van der Waals surface area contributed by atoms with Crippen LogP contribution in [0.2, 0.25) is 5.02 Å². The maximum atomic E-state index is 13.0. The van der Waals surface area contributed by atoms with Gasteiger partial charge in [0.2, 0.25) is 0 Å². The van der Waals surface area contributed by atoms with Gasteiger partial charge in [-0.3, -0.25) is 14.5 Å². The molecule has 3 rings (SSSR count). The van der Waals surface area contributed by atoms with Gasteiger partial charge in [0, 0.05) is 6.54 Å². The first-order chi connectivity index (χ1) is 11.1. The Balaban J connectivity index is 1.75. The van der Waals surface area contributed by atoms with Crippen molar-refractivity contribution in [3.8, 4) is 5.75 Å². The van der Waals surface area contributed by atoms with Crippen molar-refractivity contribution >= 4 is 23.3 Å². The highest BCUT2D eigenvalue weighted by Crippen LogP contribution is 2.25. The maximum Gasteiger partial charge on any atom is 0.266 e. The molecule has 8 heteroatoms. The lowest BCUT2D eigenvalue weighted by Gasteiger charge is -2.27. The van der Waals surface area contributed by atoms with Gasteiger partial charge < -0.3 is 9.72 Å². The number of nitrogens with one attached hydrogen (secondary N) is 1. The first-order valence-corrected chi connectivity index (χ1v) is 7.39. The lowest BCUT2D eigenvalue weighted by atomic mass is 10.1. The minimum atomic E-state index is -0.484. The number of carbonyl (C=O) groups is 1. The Morgan fingerprint density at radius 3 is 3.09 bits per heavy atom. The highest BCUT2D eigenvalue weighted by atomic mass is 35.5. The number of halogens is 2. The van der Waals surface area contributed by atoms with E-state index in [0.717, 1.165) is 6.07 Å². The second-order valence-corrected chi connectivity index (χ2v) is 5.45. The van der Waals surface area contributed by atoms with E-state index in [1.165, 1.54) is 23.4 Å². The van der Waals surface area contributed by atoms with Gasteiger partial charge in [-0.25, -0.2) is 9.37 Å². The summed E-state index contributed by atoms with van der Waals surface area (Å²) in [7, 11) is 0. The van der Waals surface area contributed by atoms with Gasteiger partial charge in [-0.1, -0.05) is 11.6 Å². The van der Waals surface area contributed by atoms with Crippen LogP contribution in [0.1, 0.15) is 12.0 Å². The summed E-state index contributed by atoms with van der Waals surface area (Å²) in [6.45, 7) is 0.183. The van der Waals surface area contributed by atoms with Gasteiger partial charge in [0.15, 0.2) is 6.61 Å². The van der Waals surface area contributed by atoms with Crippen LogP contribution in [-0.2, 0) is 11.2 Å². The van der Waals surface area contributed by atoms with Gasteiger partial charge >= 0.3 is 0 Å². The monoisotopic (exact) mass is 337 g/mol. The van der Waals surface area contributed by atoms with Crippen LogP contribution in [0, 0.1) is 5.82 Å². The highest BCUT2D eigenvalue weighted by molar-refractivity contribution is 6.32. The zero-order valence-corrected chi connectivity index (χ0v) is 12.8. The lowest BCUT2D eigenvalue weighted by Crippen LogP contribution is -2.41. The summed E-state index contributed by atoms with van der Waals surface area (Å²) in [5.74, 6) is -0.247. The Morgan fingerprint density at radius 2 is 2.30 bits per heavy atom. The summed E-state index contributed by atoms with van der Waals surface area (Å²) in [4.78, 5) is 32.1. The van der Waals surface area contributed by atoms with Crippen molar-refractivity contribution in [3.05, 3.63) is 51.3 Å². The number of carbonyl (C=O) groups excluding carboxylic acids is 1. The molecule has 0 bridgehead atoms. The van der Waals surface area contributed by atoms with Gasteiger partial charge in [0.05, 0.1) is 16.9 Å². The molecule has 1 aromatic heterocycles. The second-order valence-electron chi connectivity index (χ2n) is 5.05. The fourth-order valence-electron chi connectivity index (χ4n) is 2.45. The van der Waals surface area contributed by atoms with Crippen LogP contribution in [-0.4, -0.2) is 29.0 Å². The first kappa shape index (κ1) is 15.5. The minimum absolute atomic E-state index is 0.0893. The van der Waals surface area contributed by atoms with Gasteiger partial charge in [-0.2, -0.15) is 0 Å². The smallest absolute Gasteiger partial charge is 0.266 e. The third kappa shape index (κ3) is 3.19. The number of fused-ring (bicyclic) bond motifs is 1. The van der Waals surface area contributed by atoms with E-state index in [4.69, 9.17) is 16.3 Å². The molecule has 1 aliphatic rings. The molecule has 2 aromatic rings. The highest BCUT2D eigenvalue weighted by Gasteiger charge is 2.26. The van der Waals surface area contributed by atoms with Crippen LogP contribution >= 0.6 is 11.6 Å². The normalized spacial score (nSPS) is 13.6. The Morgan fingerprint density at radius 1 is 1.48 bits per heavy atom. The molecule has 6 nitrogen and oxygen atoms in total. The number of aromatic amines is 1. The number of hydrogen-bond acceptors (Lipinski definition) is 4. The predicted octanol–water partition coefficient (Wildman–Crippen LogP) is 1.92. The molecule has 0 radical (unpaired) electrons. The third-order valence-electron chi connectivity index (χ3n) is 3.54. The molecule has 1 aliphatic heterocycles. The molecule has 0 fully saturated rings. The predicted molar refractivity (Wildman–Crippen MR) is 82.4 cm³/mol. The van der Waals surface area contributed by atoms with E-state index in [0.29, 0.717) is 30.8 Å². The number of nitrogens with zero attached hydrogens (tertiary/aromatic N) is 2. The number of hydrogen-bond donors (Lipinski definition) is 1. The Labute approximate surface area is 135 Å². The largest absolute Gasteiger partial charge is 0.482 e. The van der Waals surface area contributed by atoms with E-state index in [9.17, 15) is 14.0 Å². The third-order valence-corrected chi connectivity index (χ3v) is 3.83. The molecule has 23 heavy (non-hydrogen) atoms. The topological polar surface area (TPSA) is 75.3 Å². The van der Waals surface area contributed by atoms with Crippen LogP contribution in [0.5, 0.6) is 5.75 Å². The summed E-state index contributed by atoms with van der Waals surface area (Å²) in [5.41, 5.74) is 0.252. The fraction of sp³-hybridized carbons (Fsp3) is 0.267. The minimum Gasteiger partial charge on any atom is -0.482 e. The standard InChI is InChI=1S/C15H13ClFN3O3/c16-11-6-9(17)3-4-12(11)23-7-13(21)20-5-1-2-10-14(20)18-8-19-15(10)22/h3-4,6,8H,1-2,5,7H2,(H,18,19,22). The van der Waals surface area contributed by atoms with Crippen molar-refractivity contribution in [3.63, 3.8) is 0 Å². The van der Waals surface area contributed by atoms with Crippen molar-refractivity contribution in [1.29, 1.82) is 0 Å². The molecule has 1 N–H and O–H groups in total. The van der Waals surface area contributed by atoms with Crippen molar-refractivity contribution < 1.29 is 13.9 Å². The van der Waals surface area contributed by atoms with E-state index in [1.54, 1.807) is 0 Å². The number of amides is 1. The number of anilines is 1. The van der Waals surface area contributed by atoms with Crippen LogP contribution in [0.25, 0.3) is 0 Å². The van der Waals surface area contributed by atoms with Crippen molar-refractivity contribution in [1.82, 2.24) is 9.97 Å². The van der Waals surface area contributed by atoms with Crippen molar-refractivity contribution in [2.75, 3.05) is 18.1 Å². The summed E-state index contributed by atoms with van der Waals surface area (Å²) in [6, 6.07) is 3.67. The molecule has 0 aliphatic carbocycles. The van der Waals surface area contributed by atoms with Crippen LogP contribution in [0.3, 0.4) is 0 Å². The Hall–Kier alpha value is -2.41.